The Hall–Kier alpha value is -3.00. The summed E-state index contributed by atoms with van der Waals surface area (Å²) >= 11 is 0. The van der Waals surface area contributed by atoms with E-state index in [-0.39, 0.29) is 17.9 Å². The first-order valence-corrected chi connectivity index (χ1v) is 11.4. The van der Waals surface area contributed by atoms with Crippen molar-refractivity contribution in [1.82, 2.24) is 19.8 Å². The van der Waals surface area contributed by atoms with Crippen LogP contribution in [0.1, 0.15) is 44.3 Å². The lowest BCUT2D eigenvalue weighted by Gasteiger charge is -2.30. The number of imidazole rings is 1. The number of halogens is 2. The van der Waals surface area contributed by atoms with E-state index in [1.54, 1.807) is 11.7 Å². The normalized spacial score (nSPS) is 16.3. The summed E-state index contributed by atoms with van der Waals surface area (Å²) in [6.45, 7) is 6.27. The molecule has 4 rings (SSSR count). The zero-order chi connectivity index (χ0) is 23.5. The molecule has 3 aromatic rings. The molecule has 176 valence electrons. The van der Waals surface area contributed by atoms with E-state index in [0.29, 0.717) is 17.6 Å². The van der Waals surface area contributed by atoms with Gasteiger partial charge >= 0.3 is 0 Å². The van der Waals surface area contributed by atoms with E-state index >= 15 is 0 Å². The van der Waals surface area contributed by atoms with Gasteiger partial charge in [-0.2, -0.15) is 0 Å². The minimum absolute atomic E-state index is 0.0428. The standard InChI is InChI=1S/C25H30F2N4O2/c1-16(2)24(31-15-29-21-12-19(26)20(27)13-22(21)31)25(32)28-14-23(30-10-4-5-11-30)17-6-8-18(33-3)9-7-17/h6-9,12-13,15-16,23-24H,4-5,10-11,14H2,1-3H3,(H,28,32). The van der Waals surface area contributed by atoms with Gasteiger partial charge in [0.15, 0.2) is 11.6 Å². The zero-order valence-corrected chi connectivity index (χ0v) is 19.2. The monoisotopic (exact) mass is 456 g/mol. The highest BCUT2D eigenvalue weighted by Gasteiger charge is 2.29. The van der Waals surface area contributed by atoms with Crippen molar-refractivity contribution >= 4 is 16.9 Å². The number of ether oxygens (including phenoxy) is 1. The number of fused-ring (bicyclic) bond motifs is 1. The molecule has 1 aromatic heterocycles. The third-order valence-corrected chi connectivity index (χ3v) is 6.37. The molecule has 1 aliphatic heterocycles. The van der Waals surface area contributed by atoms with Gasteiger partial charge in [-0.15, -0.1) is 0 Å². The van der Waals surface area contributed by atoms with Crippen LogP contribution in [0.4, 0.5) is 8.78 Å². The smallest absolute Gasteiger partial charge is 0.243 e. The van der Waals surface area contributed by atoms with E-state index in [1.807, 2.05) is 38.1 Å². The Balaban J connectivity index is 1.56. The zero-order valence-electron chi connectivity index (χ0n) is 19.2. The first kappa shape index (κ1) is 23.2. The molecule has 0 spiro atoms. The average Bonchev–Trinajstić information content (AvgIpc) is 3.46. The molecule has 6 nitrogen and oxygen atoms in total. The predicted octanol–water partition coefficient (Wildman–Crippen LogP) is 4.47. The van der Waals surface area contributed by atoms with E-state index < -0.39 is 17.7 Å². The van der Waals surface area contributed by atoms with Crippen LogP contribution in [0.5, 0.6) is 5.75 Å². The van der Waals surface area contributed by atoms with E-state index in [1.165, 1.54) is 6.33 Å². The third kappa shape index (κ3) is 4.85. The summed E-state index contributed by atoms with van der Waals surface area (Å²) in [5.74, 6) is -1.38. The Morgan fingerprint density at radius 1 is 1.12 bits per heavy atom. The van der Waals surface area contributed by atoms with Crippen LogP contribution in [0.25, 0.3) is 11.0 Å². The van der Waals surface area contributed by atoms with Crippen molar-refractivity contribution in [3.63, 3.8) is 0 Å². The number of aromatic nitrogens is 2. The molecule has 0 bridgehead atoms. The van der Waals surface area contributed by atoms with Crippen LogP contribution in [0.15, 0.2) is 42.7 Å². The maximum absolute atomic E-state index is 13.9. The molecule has 2 aromatic carbocycles. The molecule has 2 unspecified atom stereocenters. The highest BCUT2D eigenvalue weighted by Crippen LogP contribution is 2.28. The Kier molecular flexibility index (Phi) is 6.93. The van der Waals surface area contributed by atoms with E-state index in [9.17, 15) is 13.6 Å². The predicted molar refractivity (Wildman–Crippen MR) is 123 cm³/mol. The molecule has 1 N–H and O–H groups in total. The van der Waals surface area contributed by atoms with E-state index in [2.05, 4.69) is 15.2 Å². The fraction of sp³-hybridized carbons (Fsp3) is 0.440. The van der Waals surface area contributed by atoms with Gasteiger partial charge in [-0.05, 0) is 49.5 Å². The van der Waals surface area contributed by atoms with Gasteiger partial charge in [-0.25, -0.2) is 13.8 Å². The molecule has 0 aliphatic carbocycles. The summed E-state index contributed by atoms with van der Waals surface area (Å²) in [5, 5.41) is 3.12. The number of amides is 1. The van der Waals surface area contributed by atoms with Crippen molar-refractivity contribution in [2.24, 2.45) is 5.92 Å². The van der Waals surface area contributed by atoms with Crippen LogP contribution < -0.4 is 10.1 Å². The van der Waals surface area contributed by atoms with Crippen molar-refractivity contribution in [1.29, 1.82) is 0 Å². The fourth-order valence-corrected chi connectivity index (χ4v) is 4.63. The van der Waals surface area contributed by atoms with Gasteiger partial charge in [-0.1, -0.05) is 26.0 Å². The van der Waals surface area contributed by atoms with Crippen LogP contribution >= 0.6 is 0 Å². The van der Waals surface area contributed by atoms with Crippen LogP contribution in [-0.2, 0) is 4.79 Å². The number of benzene rings is 2. The van der Waals surface area contributed by atoms with Gasteiger partial charge in [0.1, 0.15) is 11.8 Å². The van der Waals surface area contributed by atoms with Crippen molar-refractivity contribution < 1.29 is 18.3 Å². The number of likely N-dealkylation sites (tertiary alicyclic amines) is 1. The Morgan fingerprint density at radius 3 is 2.42 bits per heavy atom. The van der Waals surface area contributed by atoms with E-state index in [0.717, 1.165) is 49.4 Å². The highest BCUT2D eigenvalue weighted by atomic mass is 19.2. The number of nitrogens with one attached hydrogen (secondary N) is 1. The lowest BCUT2D eigenvalue weighted by molar-refractivity contribution is -0.125. The molecule has 1 fully saturated rings. The molecule has 1 aliphatic rings. The Morgan fingerprint density at radius 2 is 1.79 bits per heavy atom. The minimum atomic E-state index is -0.958. The molecule has 1 amide bonds. The second-order valence-corrected chi connectivity index (χ2v) is 8.87. The number of hydrogen-bond donors (Lipinski definition) is 1. The topological polar surface area (TPSA) is 59.4 Å². The van der Waals surface area contributed by atoms with E-state index in [4.69, 9.17) is 4.74 Å². The van der Waals surface area contributed by atoms with Crippen molar-refractivity contribution in [2.45, 2.75) is 38.8 Å². The fourth-order valence-electron chi connectivity index (χ4n) is 4.63. The molecule has 2 heterocycles. The van der Waals surface area contributed by atoms with Gasteiger partial charge in [-0.3, -0.25) is 9.69 Å². The van der Waals surface area contributed by atoms with Crippen LogP contribution in [0.2, 0.25) is 0 Å². The summed E-state index contributed by atoms with van der Waals surface area (Å²) in [6, 6.07) is 9.54. The van der Waals surface area contributed by atoms with Gasteiger partial charge in [0.05, 0.1) is 30.5 Å². The summed E-state index contributed by atoms with van der Waals surface area (Å²) in [5.41, 5.74) is 1.83. The summed E-state index contributed by atoms with van der Waals surface area (Å²) in [4.78, 5) is 19.9. The number of rotatable bonds is 8. The molecule has 1 saturated heterocycles. The Labute approximate surface area is 192 Å². The maximum atomic E-state index is 13.9. The molecule has 0 radical (unpaired) electrons. The second kappa shape index (κ2) is 9.87. The lowest BCUT2D eigenvalue weighted by Crippen LogP contribution is -2.41. The van der Waals surface area contributed by atoms with Crippen LogP contribution in [-0.4, -0.2) is 47.1 Å². The summed E-state index contributed by atoms with van der Waals surface area (Å²) < 4.78 is 34.5. The Bertz CT molecular complexity index is 1110. The number of carbonyl (C=O) groups is 1. The number of methoxy groups -OCH3 is 1. The largest absolute Gasteiger partial charge is 0.497 e. The second-order valence-electron chi connectivity index (χ2n) is 8.87. The quantitative estimate of drug-likeness (QED) is 0.543. The summed E-state index contributed by atoms with van der Waals surface area (Å²) in [7, 11) is 1.64. The molecule has 2 atom stereocenters. The molecule has 0 saturated carbocycles. The highest BCUT2D eigenvalue weighted by molar-refractivity contribution is 5.84. The van der Waals surface area contributed by atoms with Crippen molar-refractivity contribution in [3.8, 4) is 5.75 Å². The lowest BCUT2D eigenvalue weighted by atomic mass is 10.0. The first-order chi connectivity index (χ1) is 15.9. The molecule has 8 heteroatoms. The maximum Gasteiger partial charge on any atom is 0.243 e. The SMILES string of the molecule is COc1ccc(C(CNC(=O)C(C(C)C)n2cnc3cc(F)c(F)cc32)N2CCCC2)cc1. The average molecular weight is 457 g/mol. The summed E-state index contributed by atoms with van der Waals surface area (Å²) in [6.07, 6.45) is 3.76. The van der Waals surface area contributed by atoms with Crippen LogP contribution in [0.3, 0.4) is 0 Å². The first-order valence-electron chi connectivity index (χ1n) is 11.4. The van der Waals surface area contributed by atoms with Gasteiger partial charge in [0, 0.05) is 18.7 Å². The molecular weight excluding hydrogens is 426 g/mol. The molecule has 33 heavy (non-hydrogen) atoms. The molecular formula is C25H30F2N4O2. The van der Waals surface area contributed by atoms with Crippen molar-refractivity contribution in [3.05, 3.63) is 59.9 Å². The number of carbonyl (C=O) groups excluding carboxylic acids is 1. The van der Waals surface area contributed by atoms with Gasteiger partial charge in [0.2, 0.25) is 5.91 Å². The number of hydrogen-bond acceptors (Lipinski definition) is 4. The minimum Gasteiger partial charge on any atom is -0.497 e. The van der Waals surface area contributed by atoms with Crippen LogP contribution in [0, 0.1) is 17.6 Å². The van der Waals surface area contributed by atoms with Gasteiger partial charge in [0.25, 0.3) is 0 Å². The number of nitrogens with zero attached hydrogens (tertiary/aromatic N) is 3. The third-order valence-electron chi connectivity index (χ3n) is 6.37. The van der Waals surface area contributed by atoms with Gasteiger partial charge < -0.3 is 14.6 Å². The van der Waals surface area contributed by atoms with Crippen molar-refractivity contribution in [2.75, 3.05) is 26.7 Å².